The number of hydrogen-bond acceptors (Lipinski definition) is 3. The molecular weight excluding hydrogens is 120 g/mol. The van der Waals surface area contributed by atoms with Crippen molar-refractivity contribution in [3.63, 3.8) is 0 Å². The van der Waals surface area contributed by atoms with Gasteiger partial charge in [-0.05, 0) is 11.3 Å². The Kier molecular flexibility index (Phi) is 1.94. The maximum Gasteiger partial charge on any atom is 0.0584 e. The second-order valence-corrected chi connectivity index (χ2v) is 2.49. The average Bonchev–Trinajstić information content (AvgIpc) is 1.77. The third kappa shape index (κ3) is 1.51. The van der Waals surface area contributed by atoms with Crippen molar-refractivity contribution in [1.82, 2.24) is 5.32 Å². The summed E-state index contributed by atoms with van der Waals surface area (Å²) in [7, 11) is 0. The first-order chi connectivity index (χ1) is 3.79. The van der Waals surface area contributed by atoms with Crippen molar-refractivity contribution in [2.45, 2.75) is 12.6 Å². The van der Waals surface area contributed by atoms with Gasteiger partial charge in [0.05, 0.1) is 6.17 Å². The lowest BCUT2D eigenvalue weighted by Gasteiger charge is -2.16. The van der Waals surface area contributed by atoms with E-state index in [1.165, 1.54) is 0 Å². The Morgan fingerprint density at radius 1 is 1.88 bits per heavy atom. The van der Waals surface area contributed by atoms with Gasteiger partial charge >= 0.3 is 0 Å². The van der Waals surface area contributed by atoms with Crippen LogP contribution in [0, 0.1) is 0 Å². The van der Waals surface area contributed by atoms with Crippen molar-refractivity contribution in [2.75, 3.05) is 6.54 Å². The highest BCUT2D eigenvalue weighted by atomic mass is 32.1. The van der Waals surface area contributed by atoms with E-state index in [1.807, 2.05) is 6.08 Å². The molecule has 0 aromatic heterocycles. The van der Waals surface area contributed by atoms with Gasteiger partial charge in [-0.3, -0.25) is 5.32 Å². The predicted molar refractivity (Wildman–Crippen MR) is 37.7 cm³/mol. The Morgan fingerprint density at radius 3 is 3.00 bits per heavy atom. The first-order valence-electron chi connectivity index (χ1n) is 2.66. The van der Waals surface area contributed by atoms with E-state index in [2.05, 4.69) is 17.9 Å². The molecule has 3 heteroatoms. The van der Waals surface area contributed by atoms with E-state index in [9.17, 15) is 0 Å². The van der Waals surface area contributed by atoms with Crippen molar-refractivity contribution in [3.8, 4) is 0 Å². The normalized spacial score (nSPS) is 29.8. The highest BCUT2D eigenvalue weighted by Crippen LogP contribution is 2.05. The minimum atomic E-state index is 0.144. The van der Waals surface area contributed by atoms with Crippen molar-refractivity contribution in [1.29, 1.82) is 0 Å². The van der Waals surface area contributed by atoms with Gasteiger partial charge in [0.2, 0.25) is 0 Å². The molecule has 1 unspecified atom stereocenters. The summed E-state index contributed by atoms with van der Waals surface area (Å²) in [6.07, 6.45) is 3.09. The van der Waals surface area contributed by atoms with Crippen LogP contribution in [0.4, 0.5) is 0 Å². The van der Waals surface area contributed by atoms with Gasteiger partial charge in [-0.25, -0.2) is 0 Å². The Morgan fingerprint density at radius 2 is 2.62 bits per heavy atom. The largest absolute Gasteiger partial charge is 0.316 e. The molecule has 1 aliphatic heterocycles. The molecule has 2 nitrogen and oxygen atoms in total. The molecule has 1 rings (SSSR count). The maximum atomic E-state index is 5.51. The summed E-state index contributed by atoms with van der Waals surface area (Å²) in [6.45, 7) is 0.824. The molecule has 0 amide bonds. The summed E-state index contributed by atoms with van der Waals surface area (Å²) >= 11 is 4.14. The molecule has 0 saturated carbocycles. The fraction of sp³-hybridized carbons (Fsp3) is 0.600. The van der Waals surface area contributed by atoms with Gasteiger partial charge in [0.25, 0.3) is 0 Å². The van der Waals surface area contributed by atoms with E-state index in [0.29, 0.717) is 0 Å². The van der Waals surface area contributed by atoms with E-state index in [0.717, 1.165) is 17.9 Å². The van der Waals surface area contributed by atoms with Crippen LogP contribution in [0.15, 0.2) is 11.0 Å². The van der Waals surface area contributed by atoms with Crippen molar-refractivity contribution >= 4 is 12.6 Å². The van der Waals surface area contributed by atoms with E-state index < -0.39 is 0 Å². The van der Waals surface area contributed by atoms with Gasteiger partial charge in [-0.15, -0.1) is 12.6 Å². The van der Waals surface area contributed by atoms with Gasteiger partial charge in [0.1, 0.15) is 0 Å². The molecule has 0 bridgehead atoms. The van der Waals surface area contributed by atoms with Crippen LogP contribution in [0.1, 0.15) is 6.42 Å². The summed E-state index contributed by atoms with van der Waals surface area (Å²) in [5.41, 5.74) is 5.51. The highest BCUT2D eigenvalue weighted by Gasteiger charge is 2.04. The standard InChI is InChI=1S/C5H10N2S/c6-5-2-1-4(8)3-7-5/h1,5,7-8H,2-3,6H2. The zero-order valence-corrected chi connectivity index (χ0v) is 5.49. The number of rotatable bonds is 0. The maximum absolute atomic E-state index is 5.51. The van der Waals surface area contributed by atoms with E-state index in [-0.39, 0.29) is 6.17 Å². The Hall–Kier alpha value is 0.01000. The molecule has 0 aromatic rings. The Bertz CT molecular complexity index is 111. The average molecular weight is 130 g/mol. The molecule has 0 spiro atoms. The summed E-state index contributed by atoms with van der Waals surface area (Å²) in [4.78, 5) is 1.09. The van der Waals surface area contributed by atoms with Crippen LogP contribution in [0.5, 0.6) is 0 Å². The molecule has 1 heterocycles. The molecule has 1 atom stereocenters. The summed E-state index contributed by atoms with van der Waals surface area (Å²) in [6, 6.07) is 0. The fourth-order valence-electron chi connectivity index (χ4n) is 0.654. The first kappa shape index (κ1) is 6.13. The number of nitrogens with two attached hydrogens (primary N) is 1. The third-order valence-electron chi connectivity index (χ3n) is 1.15. The van der Waals surface area contributed by atoms with Crippen LogP contribution in [-0.2, 0) is 0 Å². The second kappa shape index (κ2) is 2.53. The van der Waals surface area contributed by atoms with Crippen molar-refractivity contribution < 1.29 is 0 Å². The van der Waals surface area contributed by atoms with Crippen LogP contribution in [-0.4, -0.2) is 12.7 Å². The minimum absolute atomic E-state index is 0.144. The van der Waals surface area contributed by atoms with Crippen molar-refractivity contribution in [2.24, 2.45) is 5.73 Å². The smallest absolute Gasteiger partial charge is 0.0584 e. The topological polar surface area (TPSA) is 38.0 Å². The van der Waals surface area contributed by atoms with Gasteiger partial charge in [-0.1, -0.05) is 6.08 Å². The molecule has 0 radical (unpaired) electrons. The lowest BCUT2D eigenvalue weighted by Crippen LogP contribution is -2.39. The number of thiol groups is 1. The zero-order chi connectivity index (χ0) is 5.98. The molecule has 0 saturated heterocycles. The van der Waals surface area contributed by atoms with Gasteiger partial charge in [-0.2, -0.15) is 0 Å². The number of nitrogens with one attached hydrogen (secondary N) is 1. The Labute approximate surface area is 54.5 Å². The molecule has 3 N–H and O–H groups in total. The van der Waals surface area contributed by atoms with Crippen LogP contribution in [0.25, 0.3) is 0 Å². The zero-order valence-electron chi connectivity index (χ0n) is 4.59. The molecule has 0 aromatic carbocycles. The molecular formula is C5H10N2S. The lowest BCUT2D eigenvalue weighted by molar-refractivity contribution is 0.544. The van der Waals surface area contributed by atoms with Gasteiger partial charge in [0, 0.05) is 6.54 Å². The second-order valence-electron chi connectivity index (χ2n) is 1.92. The quantitative estimate of drug-likeness (QED) is 0.406. The van der Waals surface area contributed by atoms with Gasteiger partial charge in [0.15, 0.2) is 0 Å². The molecule has 46 valence electrons. The van der Waals surface area contributed by atoms with Crippen LogP contribution >= 0.6 is 12.6 Å². The molecule has 1 aliphatic rings. The van der Waals surface area contributed by atoms with Crippen LogP contribution in [0.2, 0.25) is 0 Å². The van der Waals surface area contributed by atoms with E-state index in [4.69, 9.17) is 5.73 Å². The van der Waals surface area contributed by atoms with Crippen LogP contribution in [0.3, 0.4) is 0 Å². The Balaban J connectivity index is 2.42. The SMILES string of the molecule is NC1CC=C(S)CN1. The summed E-state index contributed by atoms with van der Waals surface area (Å²) in [5.74, 6) is 0. The fourth-order valence-corrected chi connectivity index (χ4v) is 0.851. The predicted octanol–water partition coefficient (Wildman–Crippen LogP) is 0.0782. The minimum Gasteiger partial charge on any atom is -0.316 e. The third-order valence-corrected chi connectivity index (χ3v) is 1.49. The lowest BCUT2D eigenvalue weighted by atomic mass is 10.2. The first-order valence-corrected chi connectivity index (χ1v) is 3.11. The summed E-state index contributed by atoms with van der Waals surface area (Å²) < 4.78 is 0. The monoisotopic (exact) mass is 130 g/mol. The molecule has 0 fully saturated rings. The number of hydrogen-bond donors (Lipinski definition) is 3. The van der Waals surface area contributed by atoms with Crippen LogP contribution < -0.4 is 11.1 Å². The van der Waals surface area contributed by atoms with E-state index in [1.54, 1.807) is 0 Å². The highest BCUT2D eigenvalue weighted by molar-refractivity contribution is 7.84. The van der Waals surface area contributed by atoms with Gasteiger partial charge < -0.3 is 5.73 Å². The van der Waals surface area contributed by atoms with Crippen molar-refractivity contribution in [3.05, 3.63) is 11.0 Å². The van der Waals surface area contributed by atoms with E-state index >= 15 is 0 Å². The molecule has 8 heavy (non-hydrogen) atoms. The summed E-state index contributed by atoms with van der Waals surface area (Å²) in [5, 5.41) is 3.06. The molecule has 0 aliphatic carbocycles.